The Labute approximate surface area is 112 Å². The van der Waals surface area contributed by atoms with E-state index in [1.807, 2.05) is 29.0 Å². The maximum absolute atomic E-state index is 9.49. The lowest BCUT2D eigenvalue weighted by molar-refractivity contribution is 0.184. The monoisotopic (exact) mass is 330 g/mol. The van der Waals surface area contributed by atoms with E-state index in [1.54, 1.807) is 13.1 Å². The summed E-state index contributed by atoms with van der Waals surface area (Å²) >= 11 is 0. The molecule has 4 heteroatoms. The van der Waals surface area contributed by atoms with E-state index in [0.717, 1.165) is 6.54 Å². The third-order valence-corrected chi connectivity index (χ3v) is 2.32. The molecule has 0 spiro atoms. The molecule has 0 aliphatic carbocycles. The fourth-order valence-corrected chi connectivity index (χ4v) is 1.60. The highest BCUT2D eigenvalue weighted by Gasteiger charge is 2.08. The summed E-state index contributed by atoms with van der Waals surface area (Å²) in [6.07, 6.45) is 3.07. The van der Waals surface area contributed by atoms with Gasteiger partial charge >= 0.3 is 0 Å². The lowest BCUT2D eigenvalue weighted by Gasteiger charge is -2.09. The van der Waals surface area contributed by atoms with E-state index in [0.29, 0.717) is 5.82 Å². The maximum Gasteiger partial charge on any atom is 0.137 e. The van der Waals surface area contributed by atoms with E-state index < -0.39 is 6.10 Å². The molecule has 0 radical (unpaired) electrons. The molecule has 1 N–H and O–H groups in total. The molecular formula is C12H15IN2O. The molecule has 16 heavy (non-hydrogen) atoms. The molecule has 0 amide bonds. The topological polar surface area (TPSA) is 38.1 Å². The van der Waals surface area contributed by atoms with Crippen LogP contribution in [-0.4, -0.2) is 14.7 Å². The van der Waals surface area contributed by atoms with Crippen LogP contribution in [0.15, 0.2) is 42.7 Å². The molecule has 0 bridgehead atoms. The third kappa shape index (κ3) is 3.05. The van der Waals surface area contributed by atoms with Crippen LogP contribution in [0, 0.1) is 0 Å². The van der Waals surface area contributed by atoms with Crippen molar-refractivity contribution in [2.45, 2.75) is 19.6 Å². The molecule has 0 saturated carbocycles. The smallest absolute Gasteiger partial charge is 0.137 e. The van der Waals surface area contributed by atoms with Gasteiger partial charge in [-0.1, -0.05) is 30.3 Å². The van der Waals surface area contributed by atoms with E-state index >= 15 is 0 Å². The highest BCUT2D eigenvalue weighted by molar-refractivity contribution is 14.0. The SMILES string of the molecule is CC(O)c1nccn1Cc1ccccc1.I. The summed E-state index contributed by atoms with van der Waals surface area (Å²) in [5.74, 6) is 0.707. The number of aliphatic hydroxyl groups excluding tert-OH is 1. The summed E-state index contributed by atoms with van der Waals surface area (Å²) < 4.78 is 1.96. The summed E-state index contributed by atoms with van der Waals surface area (Å²) in [6.45, 7) is 2.48. The summed E-state index contributed by atoms with van der Waals surface area (Å²) in [7, 11) is 0. The summed E-state index contributed by atoms with van der Waals surface area (Å²) in [5.41, 5.74) is 1.21. The minimum absolute atomic E-state index is 0. The number of benzene rings is 1. The van der Waals surface area contributed by atoms with Gasteiger partial charge in [-0.25, -0.2) is 4.98 Å². The summed E-state index contributed by atoms with van der Waals surface area (Å²) in [4.78, 5) is 4.12. The van der Waals surface area contributed by atoms with Gasteiger partial charge in [0.15, 0.2) is 0 Å². The standard InChI is InChI=1S/C12H14N2O.HI/c1-10(15)12-13-7-8-14(12)9-11-5-3-2-4-6-11;/h2-8,10,15H,9H2,1H3;1H. The Morgan fingerprint density at radius 1 is 1.31 bits per heavy atom. The number of hydrogen-bond acceptors (Lipinski definition) is 2. The Morgan fingerprint density at radius 3 is 2.62 bits per heavy atom. The number of imidazole rings is 1. The maximum atomic E-state index is 9.49. The van der Waals surface area contributed by atoms with Crippen LogP contribution in [0.2, 0.25) is 0 Å². The molecule has 1 heterocycles. The number of nitrogens with zero attached hydrogens (tertiary/aromatic N) is 2. The van der Waals surface area contributed by atoms with E-state index in [9.17, 15) is 5.11 Å². The van der Waals surface area contributed by atoms with E-state index in [2.05, 4.69) is 17.1 Å². The molecule has 1 aromatic carbocycles. The van der Waals surface area contributed by atoms with Crippen LogP contribution in [-0.2, 0) is 6.54 Å². The van der Waals surface area contributed by atoms with E-state index in [4.69, 9.17) is 0 Å². The molecule has 2 rings (SSSR count). The Kier molecular flexibility index (Phi) is 4.95. The summed E-state index contributed by atoms with van der Waals surface area (Å²) in [5, 5.41) is 9.49. The fourth-order valence-electron chi connectivity index (χ4n) is 1.60. The molecule has 0 aliphatic heterocycles. The van der Waals surface area contributed by atoms with Gasteiger partial charge in [-0.2, -0.15) is 0 Å². The molecule has 0 saturated heterocycles. The van der Waals surface area contributed by atoms with Crippen LogP contribution in [0.3, 0.4) is 0 Å². The molecule has 1 aromatic heterocycles. The van der Waals surface area contributed by atoms with Gasteiger partial charge in [-0.05, 0) is 12.5 Å². The average Bonchev–Trinajstić information content (AvgIpc) is 2.67. The van der Waals surface area contributed by atoms with Crippen molar-refractivity contribution in [1.29, 1.82) is 0 Å². The Morgan fingerprint density at radius 2 is 2.00 bits per heavy atom. The van der Waals surface area contributed by atoms with Gasteiger partial charge in [0.2, 0.25) is 0 Å². The zero-order valence-electron chi connectivity index (χ0n) is 9.08. The quantitative estimate of drug-likeness (QED) is 0.879. The lowest BCUT2D eigenvalue weighted by Crippen LogP contribution is -2.06. The molecule has 3 nitrogen and oxygen atoms in total. The molecule has 0 aliphatic rings. The Hall–Kier alpha value is -0.880. The van der Waals surface area contributed by atoms with Gasteiger partial charge in [-0.3, -0.25) is 0 Å². The van der Waals surface area contributed by atoms with Crippen LogP contribution < -0.4 is 0 Å². The minimum Gasteiger partial charge on any atom is -0.385 e. The van der Waals surface area contributed by atoms with E-state index in [-0.39, 0.29) is 24.0 Å². The molecule has 1 unspecified atom stereocenters. The van der Waals surface area contributed by atoms with Crippen LogP contribution in [0.1, 0.15) is 24.4 Å². The largest absolute Gasteiger partial charge is 0.385 e. The Balaban J connectivity index is 0.00000128. The van der Waals surface area contributed by atoms with Crippen LogP contribution in [0.25, 0.3) is 0 Å². The Bertz CT molecular complexity index is 426. The van der Waals surface area contributed by atoms with Gasteiger partial charge < -0.3 is 9.67 Å². The third-order valence-electron chi connectivity index (χ3n) is 2.32. The van der Waals surface area contributed by atoms with Crippen molar-refractivity contribution in [3.8, 4) is 0 Å². The zero-order valence-corrected chi connectivity index (χ0v) is 11.4. The van der Waals surface area contributed by atoms with Crippen molar-refractivity contribution >= 4 is 24.0 Å². The second-order valence-electron chi connectivity index (χ2n) is 3.57. The number of aromatic nitrogens is 2. The highest BCUT2D eigenvalue weighted by atomic mass is 127. The predicted octanol–water partition coefficient (Wildman–Crippen LogP) is 2.60. The number of hydrogen-bond donors (Lipinski definition) is 1. The van der Waals surface area contributed by atoms with Gasteiger partial charge in [0.25, 0.3) is 0 Å². The van der Waals surface area contributed by atoms with Crippen molar-refractivity contribution in [2.75, 3.05) is 0 Å². The normalized spacial score (nSPS) is 11.9. The summed E-state index contributed by atoms with van der Waals surface area (Å²) in [6, 6.07) is 10.1. The van der Waals surface area contributed by atoms with Crippen molar-refractivity contribution in [3.63, 3.8) is 0 Å². The van der Waals surface area contributed by atoms with E-state index in [1.165, 1.54) is 5.56 Å². The van der Waals surface area contributed by atoms with Gasteiger partial charge in [0, 0.05) is 18.9 Å². The molecule has 2 aromatic rings. The van der Waals surface area contributed by atoms with Crippen molar-refractivity contribution in [1.82, 2.24) is 9.55 Å². The average molecular weight is 330 g/mol. The first-order valence-corrected chi connectivity index (χ1v) is 5.00. The lowest BCUT2D eigenvalue weighted by atomic mass is 10.2. The van der Waals surface area contributed by atoms with Gasteiger partial charge in [-0.15, -0.1) is 24.0 Å². The van der Waals surface area contributed by atoms with Crippen LogP contribution in [0.5, 0.6) is 0 Å². The zero-order chi connectivity index (χ0) is 10.7. The second kappa shape index (κ2) is 6.00. The first kappa shape index (κ1) is 13.2. The van der Waals surface area contributed by atoms with Crippen molar-refractivity contribution in [3.05, 3.63) is 54.1 Å². The van der Waals surface area contributed by atoms with Crippen LogP contribution in [0.4, 0.5) is 0 Å². The number of rotatable bonds is 3. The molecular weight excluding hydrogens is 315 g/mol. The van der Waals surface area contributed by atoms with Gasteiger partial charge in [0.1, 0.15) is 11.9 Å². The first-order chi connectivity index (χ1) is 7.27. The predicted molar refractivity (Wildman–Crippen MR) is 73.8 cm³/mol. The van der Waals surface area contributed by atoms with Crippen molar-refractivity contribution in [2.24, 2.45) is 0 Å². The molecule has 1 atom stereocenters. The number of aliphatic hydroxyl groups is 1. The second-order valence-corrected chi connectivity index (χ2v) is 3.57. The van der Waals surface area contributed by atoms with Gasteiger partial charge in [0.05, 0.1) is 0 Å². The molecule has 86 valence electrons. The number of halogens is 1. The highest BCUT2D eigenvalue weighted by Crippen LogP contribution is 2.11. The first-order valence-electron chi connectivity index (χ1n) is 5.00. The minimum atomic E-state index is -0.524. The van der Waals surface area contributed by atoms with Crippen molar-refractivity contribution < 1.29 is 5.11 Å². The molecule has 0 fully saturated rings. The van der Waals surface area contributed by atoms with Crippen LogP contribution >= 0.6 is 24.0 Å². The fraction of sp³-hybridized carbons (Fsp3) is 0.250.